The molecule has 4 N–H and O–H groups in total. The van der Waals surface area contributed by atoms with Gasteiger partial charge in [-0.15, -0.1) is 0 Å². The Morgan fingerprint density at radius 3 is 2.79 bits per heavy atom. The summed E-state index contributed by atoms with van der Waals surface area (Å²) < 4.78 is 13.0. The summed E-state index contributed by atoms with van der Waals surface area (Å²) in [6, 6.07) is 3.88. The van der Waals surface area contributed by atoms with Crippen LogP contribution in [-0.2, 0) is 0 Å². The molecular weight excluding hydrogens is 273 g/mol. The van der Waals surface area contributed by atoms with Gasteiger partial charge in [0.05, 0.1) is 5.02 Å². The highest BCUT2D eigenvalue weighted by atomic mass is 35.5. The summed E-state index contributed by atoms with van der Waals surface area (Å²) in [7, 11) is 0. The van der Waals surface area contributed by atoms with E-state index < -0.39 is 11.4 Å². The third-order valence-electron chi connectivity index (χ3n) is 2.57. The van der Waals surface area contributed by atoms with Crippen LogP contribution in [0.25, 0.3) is 22.6 Å². The van der Waals surface area contributed by atoms with E-state index in [1.54, 1.807) is 0 Å². The number of aromatic nitrogens is 4. The average Bonchev–Trinajstić information content (AvgIpc) is 2.72. The van der Waals surface area contributed by atoms with Gasteiger partial charge in [-0.05, 0) is 18.2 Å². The fraction of sp³-hybridized carbons (Fsp3) is 0. The second kappa shape index (κ2) is 4.06. The Morgan fingerprint density at radius 1 is 1.26 bits per heavy atom. The fourth-order valence-corrected chi connectivity index (χ4v) is 1.99. The zero-order valence-electron chi connectivity index (χ0n) is 9.37. The molecule has 2 heterocycles. The molecule has 0 radical (unpaired) electrons. The van der Waals surface area contributed by atoms with Crippen molar-refractivity contribution in [1.82, 2.24) is 19.9 Å². The third kappa shape index (κ3) is 1.93. The van der Waals surface area contributed by atoms with Crippen LogP contribution < -0.4 is 11.3 Å². The molecule has 0 atom stereocenters. The van der Waals surface area contributed by atoms with Crippen molar-refractivity contribution < 1.29 is 4.39 Å². The van der Waals surface area contributed by atoms with Crippen molar-refractivity contribution in [3.8, 4) is 11.4 Å². The Morgan fingerprint density at radius 2 is 2.05 bits per heavy atom. The molecule has 0 fully saturated rings. The van der Waals surface area contributed by atoms with E-state index in [-0.39, 0.29) is 22.1 Å². The summed E-state index contributed by atoms with van der Waals surface area (Å²) in [5.41, 5.74) is 5.83. The lowest BCUT2D eigenvalue weighted by atomic mass is 10.2. The number of nitrogen functional groups attached to an aromatic ring is 1. The molecule has 3 rings (SSSR count). The Hall–Kier alpha value is -2.41. The summed E-state index contributed by atoms with van der Waals surface area (Å²) in [6.45, 7) is 0. The van der Waals surface area contributed by atoms with Crippen molar-refractivity contribution in [1.29, 1.82) is 0 Å². The number of imidazole rings is 1. The molecule has 0 bridgehead atoms. The monoisotopic (exact) mass is 279 g/mol. The molecule has 8 heteroatoms. The molecule has 0 aliphatic heterocycles. The summed E-state index contributed by atoms with van der Waals surface area (Å²) in [6.07, 6.45) is 0. The molecule has 0 saturated heterocycles. The number of H-pyrrole nitrogens is 2. The lowest BCUT2D eigenvalue weighted by Gasteiger charge is -1.99. The van der Waals surface area contributed by atoms with Crippen molar-refractivity contribution in [2.75, 3.05) is 5.73 Å². The SMILES string of the molecule is Nc1nc2nc(-c3ccc(F)cc3Cl)[nH]c2c(=O)[nH]1. The maximum Gasteiger partial charge on any atom is 0.278 e. The number of nitrogens with two attached hydrogens (primary N) is 1. The third-order valence-corrected chi connectivity index (χ3v) is 2.88. The van der Waals surface area contributed by atoms with Gasteiger partial charge in [-0.1, -0.05) is 11.6 Å². The lowest BCUT2D eigenvalue weighted by Crippen LogP contribution is -2.10. The quantitative estimate of drug-likeness (QED) is 0.631. The maximum atomic E-state index is 13.0. The van der Waals surface area contributed by atoms with Gasteiger partial charge in [0.25, 0.3) is 5.56 Å². The van der Waals surface area contributed by atoms with Crippen LogP contribution in [0.5, 0.6) is 0 Å². The Bertz CT molecular complexity index is 841. The molecule has 0 aliphatic carbocycles. The second-order valence-electron chi connectivity index (χ2n) is 3.86. The van der Waals surface area contributed by atoms with E-state index in [4.69, 9.17) is 17.3 Å². The summed E-state index contributed by atoms with van der Waals surface area (Å²) in [5.74, 6) is -0.158. The van der Waals surface area contributed by atoms with Gasteiger partial charge in [0, 0.05) is 5.56 Å². The van der Waals surface area contributed by atoms with E-state index in [0.29, 0.717) is 11.4 Å². The smallest absolute Gasteiger partial charge is 0.278 e. The number of nitrogens with one attached hydrogen (secondary N) is 2. The number of rotatable bonds is 1. The van der Waals surface area contributed by atoms with Gasteiger partial charge in [-0.2, -0.15) is 4.98 Å². The van der Waals surface area contributed by atoms with Crippen molar-refractivity contribution in [3.05, 3.63) is 39.4 Å². The Kier molecular flexibility index (Phi) is 2.49. The van der Waals surface area contributed by atoms with Gasteiger partial charge in [0.2, 0.25) is 5.95 Å². The van der Waals surface area contributed by atoms with Crippen LogP contribution in [-0.4, -0.2) is 19.9 Å². The number of nitrogens with zero attached hydrogens (tertiary/aromatic N) is 2. The van der Waals surface area contributed by atoms with Gasteiger partial charge in [0.15, 0.2) is 11.2 Å². The lowest BCUT2D eigenvalue weighted by molar-refractivity contribution is 0.628. The largest absolute Gasteiger partial charge is 0.369 e. The van der Waals surface area contributed by atoms with E-state index in [1.807, 2.05) is 0 Å². The van der Waals surface area contributed by atoms with Crippen molar-refractivity contribution in [2.24, 2.45) is 0 Å². The highest BCUT2D eigenvalue weighted by molar-refractivity contribution is 6.33. The maximum absolute atomic E-state index is 13.0. The van der Waals surface area contributed by atoms with Gasteiger partial charge in [0.1, 0.15) is 11.6 Å². The van der Waals surface area contributed by atoms with E-state index in [0.717, 1.165) is 6.07 Å². The van der Waals surface area contributed by atoms with Gasteiger partial charge in [-0.3, -0.25) is 9.78 Å². The minimum Gasteiger partial charge on any atom is -0.369 e. The number of hydrogen-bond donors (Lipinski definition) is 3. The van der Waals surface area contributed by atoms with E-state index in [2.05, 4.69) is 19.9 Å². The Labute approximate surface area is 110 Å². The van der Waals surface area contributed by atoms with Crippen LogP contribution in [0.1, 0.15) is 0 Å². The minimum absolute atomic E-state index is 0.0271. The molecule has 0 unspecified atom stereocenters. The molecule has 19 heavy (non-hydrogen) atoms. The number of hydrogen-bond acceptors (Lipinski definition) is 4. The topological polar surface area (TPSA) is 100 Å². The predicted octanol–water partition coefficient (Wildman–Crippen LogP) is 1.69. The molecule has 2 aromatic heterocycles. The standard InChI is InChI=1S/C11H7ClFN5O/c12-6-3-4(13)1-2-5(6)8-15-7-9(16-8)17-11(14)18-10(7)19/h1-3H,(H4,14,15,16,17,18,19). The normalized spacial score (nSPS) is 11.1. The average molecular weight is 280 g/mol. The molecule has 3 aromatic rings. The van der Waals surface area contributed by atoms with Crippen LogP contribution in [0.2, 0.25) is 5.02 Å². The number of benzene rings is 1. The molecule has 96 valence electrons. The zero-order chi connectivity index (χ0) is 13.6. The van der Waals surface area contributed by atoms with E-state index in [1.165, 1.54) is 12.1 Å². The summed E-state index contributed by atoms with van der Waals surface area (Å²) >= 11 is 5.93. The van der Waals surface area contributed by atoms with E-state index in [9.17, 15) is 9.18 Å². The molecule has 0 saturated carbocycles. The highest BCUT2D eigenvalue weighted by Crippen LogP contribution is 2.27. The van der Waals surface area contributed by atoms with Crippen LogP contribution in [0.3, 0.4) is 0 Å². The van der Waals surface area contributed by atoms with Crippen LogP contribution in [0.15, 0.2) is 23.0 Å². The van der Waals surface area contributed by atoms with Gasteiger partial charge in [-0.25, -0.2) is 9.37 Å². The first-order chi connectivity index (χ1) is 9.04. The highest BCUT2D eigenvalue weighted by Gasteiger charge is 2.13. The van der Waals surface area contributed by atoms with Crippen molar-refractivity contribution in [2.45, 2.75) is 0 Å². The first-order valence-corrected chi connectivity index (χ1v) is 5.63. The molecule has 0 amide bonds. The van der Waals surface area contributed by atoms with Gasteiger partial charge >= 0.3 is 0 Å². The summed E-state index contributed by atoms with van der Waals surface area (Å²) in [5, 5.41) is 0.184. The first-order valence-electron chi connectivity index (χ1n) is 5.25. The van der Waals surface area contributed by atoms with Crippen molar-refractivity contribution >= 4 is 28.7 Å². The molecule has 0 aliphatic rings. The zero-order valence-corrected chi connectivity index (χ0v) is 10.1. The second-order valence-corrected chi connectivity index (χ2v) is 4.27. The number of anilines is 1. The number of fused-ring (bicyclic) bond motifs is 1. The molecule has 0 spiro atoms. The van der Waals surface area contributed by atoms with Crippen LogP contribution in [0, 0.1) is 5.82 Å². The Balaban J connectivity index is 2.26. The van der Waals surface area contributed by atoms with Crippen molar-refractivity contribution in [3.63, 3.8) is 0 Å². The number of aromatic amines is 2. The van der Waals surface area contributed by atoms with Crippen LogP contribution >= 0.6 is 11.6 Å². The predicted molar refractivity (Wildman–Crippen MR) is 69.3 cm³/mol. The number of halogens is 2. The van der Waals surface area contributed by atoms with E-state index >= 15 is 0 Å². The van der Waals surface area contributed by atoms with Gasteiger partial charge < -0.3 is 10.7 Å². The molecule has 1 aromatic carbocycles. The van der Waals surface area contributed by atoms with Crippen LogP contribution in [0.4, 0.5) is 10.3 Å². The fourth-order valence-electron chi connectivity index (χ4n) is 1.73. The molecular formula is C11H7ClFN5O. The first kappa shape index (κ1) is 11.7. The minimum atomic E-state index is -0.454. The molecule has 6 nitrogen and oxygen atoms in total. The summed E-state index contributed by atoms with van der Waals surface area (Å²) in [4.78, 5) is 24.8.